The van der Waals surface area contributed by atoms with Crippen LogP contribution in [0.2, 0.25) is 0 Å². The van der Waals surface area contributed by atoms with Crippen molar-refractivity contribution < 1.29 is 13.5 Å². The number of aryl methyl sites for hydroxylation is 1. The van der Waals surface area contributed by atoms with Gasteiger partial charge in [0.25, 0.3) is 0 Å². The molecule has 2 aromatic carbocycles. The minimum absolute atomic E-state index is 0.0657. The van der Waals surface area contributed by atoms with Gasteiger partial charge in [0.05, 0.1) is 0 Å². The lowest BCUT2D eigenvalue weighted by Gasteiger charge is -2.09. The van der Waals surface area contributed by atoms with E-state index in [4.69, 9.17) is 22.7 Å². The summed E-state index contributed by atoms with van der Waals surface area (Å²) in [6.07, 6.45) is 0. The van der Waals surface area contributed by atoms with Gasteiger partial charge < -0.3 is 10.5 Å². The Morgan fingerprint density at radius 1 is 1.15 bits per heavy atom. The highest BCUT2D eigenvalue weighted by molar-refractivity contribution is 7.80. The predicted octanol–water partition coefficient (Wildman–Crippen LogP) is 3.49. The van der Waals surface area contributed by atoms with Crippen molar-refractivity contribution in [2.75, 3.05) is 0 Å². The van der Waals surface area contributed by atoms with Crippen molar-refractivity contribution in [1.29, 1.82) is 0 Å². The third-order valence-corrected chi connectivity index (χ3v) is 3.04. The maximum Gasteiger partial charge on any atom is 0.165 e. The number of nitrogens with two attached hydrogens (primary N) is 1. The predicted molar refractivity (Wildman–Crippen MR) is 77.8 cm³/mol. The first-order valence-corrected chi connectivity index (χ1v) is 6.35. The first-order chi connectivity index (χ1) is 9.47. The molecule has 0 unspecified atom stereocenters. The SMILES string of the molecule is Cc1ccc(F)c(OCc2ccc(C(N)=S)cc2F)c1. The molecular weight excluding hydrogens is 280 g/mol. The van der Waals surface area contributed by atoms with Crippen LogP contribution in [0.5, 0.6) is 5.75 Å². The number of hydrogen-bond acceptors (Lipinski definition) is 2. The average Bonchev–Trinajstić information content (AvgIpc) is 2.40. The number of halogens is 2. The smallest absolute Gasteiger partial charge is 0.165 e. The molecule has 5 heteroatoms. The van der Waals surface area contributed by atoms with Crippen molar-refractivity contribution >= 4 is 17.2 Å². The van der Waals surface area contributed by atoms with Crippen LogP contribution < -0.4 is 10.5 Å². The first kappa shape index (κ1) is 14.4. The zero-order chi connectivity index (χ0) is 14.7. The Hall–Kier alpha value is -2.01. The van der Waals surface area contributed by atoms with E-state index in [2.05, 4.69) is 0 Å². The molecule has 0 aliphatic heterocycles. The Kier molecular flexibility index (Phi) is 4.29. The van der Waals surface area contributed by atoms with Gasteiger partial charge in [0, 0.05) is 11.1 Å². The Bertz CT molecular complexity index is 658. The van der Waals surface area contributed by atoms with Gasteiger partial charge in [-0.15, -0.1) is 0 Å². The molecule has 0 saturated carbocycles. The van der Waals surface area contributed by atoms with E-state index in [0.717, 1.165) is 5.56 Å². The molecule has 0 atom stereocenters. The molecule has 20 heavy (non-hydrogen) atoms. The van der Waals surface area contributed by atoms with E-state index in [1.165, 1.54) is 18.2 Å². The van der Waals surface area contributed by atoms with Crippen LogP contribution in [0.25, 0.3) is 0 Å². The van der Waals surface area contributed by atoms with Gasteiger partial charge in [-0.2, -0.15) is 0 Å². The van der Waals surface area contributed by atoms with Crippen LogP contribution in [0.15, 0.2) is 36.4 Å². The van der Waals surface area contributed by atoms with Gasteiger partial charge in [0.2, 0.25) is 0 Å². The zero-order valence-corrected chi connectivity index (χ0v) is 11.6. The van der Waals surface area contributed by atoms with Gasteiger partial charge in [0.1, 0.15) is 17.4 Å². The van der Waals surface area contributed by atoms with Gasteiger partial charge in [0.15, 0.2) is 11.6 Å². The molecule has 104 valence electrons. The summed E-state index contributed by atoms with van der Waals surface area (Å²) in [5.74, 6) is -0.859. The van der Waals surface area contributed by atoms with Crippen molar-refractivity contribution in [1.82, 2.24) is 0 Å². The van der Waals surface area contributed by atoms with Crippen molar-refractivity contribution in [2.24, 2.45) is 5.73 Å². The number of ether oxygens (including phenoxy) is 1. The third kappa shape index (κ3) is 3.30. The molecule has 2 nitrogen and oxygen atoms in total. The van der Waals surface area contributed by atoms with Crippen molar-refractivity contribution in [3.05, 3.63) is 64.7 Å². The van der Waals surface area contributed by atoms with Gasteiger partial charge in [-0.3, -0.25) is 0 Å². The second kappa shape index (κ2) is 5.96. The molecule has 0 aliphatic carbocycles. The molecule has 0 bridgehead atoms. The molecular formula is C15H13F2NOS. The Labute approximate surface area is 121 Å². The van der Waals surface area contributed by atoms with E-state index in [1.807, 2.05) is 6.92 Å². The molecule has 0 amide bonds. The van der Waals surface area contributed by atoms with Crippen LogP contribution in [-0.4, -0.2) is 4.99 Å². The van der Waals surface area contributed by atoms with Crippen LogP contribution in [0.3, 0.4) is 0 Å². The topological polar surface area (TPSA) is 35.2 Å². The molecule has 0 spiro atoms. The Morgan fingerprint density at radius 3 is 2.55 bits per heavy atom. The van der Waals surface area contributed by atoms with E-state index >= 15 is 0 Å². The minimum Gasteiger partial charge on any atom is -0.486 e. The van der Waals surface area contributed by atoms with E-state index in [-0.39, 0.29) is 17.3 Å². The fourth-order valence-corrected chi connectivity index (χ4v) is 1.82. The Balaban J connectivity index is 2.15. The summed E-state index contributed by atoms with van der Waals surface area (Å²) in [7, 11) is 0. The van der Waals surface area contributed by atoms with Crippen LogP contribution in [0.4, 0.5) is 8.78 Å². The maximum atomic E-state index is 13.8. The van der Waals surface area contributed by atoms with Gasteiger partial charge in [-0.1, -0.05) is 30.4 Å². The van der Waals surface area contributed by atoms with E-state index < -0.39 is 11.6 Å². The van der Waals surface area contributed by atoms with E-state index in [9.17, 15) is 8.78 Å². The van der Waals surface area contributed by atoms with Crippen molar-refractivity contribution in [3.8, 4) is 5.75 Å². The van der Waals surface area contributed by atoms with Crippen molar-refractivity contribution in [2.45, 2.75) is 13.5 Å². The van der Waals surface area contributed by atoms with Gasteiger partial charge in [-0.05, 0) is 30.7 Å². The molecule has 0 heterocycles. The first-order valence-electron chi connectivity index (χ1n) is 5.94. The highest BCUT2D eigenvalue weighted by atomic mass is 32.1. The molecule has 2 N–H and O–H groups in total. The van der Waals surface area contributed by atoms with Crippen molar-refractivity contribution in [3.63, 3.8) is 0 Å². The average molecular weight is 293 g/mol. The van der Waals surface area contributed by atoms with Crippen LogP contribution in [0.1, 0.15) is 16.7 Å². The number of hydrogen-bond donors (Lipinski definition) is 1. The van der Waals surface area contributed by atoms with Crippen LogP contribution in [0, 0.1) is 18.6 Å². The van der Waals surface area contributed by atoms with Gasteiger partial charge >= 0.3 is 0 Å². The molecule has 2 aromatic rings. The molecule has 0 aliphatic rings. The second-order valence-electron chi connectivity index (χ2n) is 4.39. The van der Waals surface area contributed by atoms with E-state index in [1.54, 1.807) is 18.2 Å². The molecule has 0 radical (unpaired) electrons. The largest absolute Gasteiger partial charge is 0.486 e. The number of benzene rings is 2. The maximum absolute atomic E-state index is 13.8. The summed E-state index contributed by atoms with van der Waals surface area (Å²) in [5, 5.41) is 0. The molecule has 2 rings (SSSR count). The van der Waals surface area contributed by atoms with Crippen LogP contribution >= 0.6 is 12.2 Å². The summed E-state index contributed by atoms with van der Waals surface area (Å²) in [6.45, 7) is 1.76. The monoisotopic (exact) mass is 293 g/mol. The lowest BCUT2D eigenvalue weighted by molar-refractivity contribution is 0.284. The summed E-state index contributed by atoms with van der Waals surface area (Å²) < 4.78 is 32.6. The molecule has 0 saturated heterocycles. The number of thiocarbonyl (C=S) groups is 1. The fourth-order valence-electron chi connectivity index (χ4n) is 1.69. The van der Waals surface area contributed by atoms with Crippen LogP contribution in [-0.2, 0) is 6.61 Å². The van der Waals surface area contributed by atoms with E-state index in [0.29, 0.717) is 11.1 Å². The summed E-state index contributed by atoms with van der Waals surface area (Å²) in [4.78, 5) is 0.126. The fraction of sp³-hybridized carbons (Fsp3) is 0.133. The Morgan fingerprint density at radius 2 is 1.90 bits per heavy atom. The standard InChI is InChI=1S/C15H13F2NOS/c1-9-2-5-12(16)14(6-9)19-8-11-4-3-10(15(18)20)7-13(11)17/h2-7H,8H2,1H3,(H2,18,20). The molecule has 0 aromatic heterocycles. The van der Waals surface area contributed by atoms with Gasteiger partial charge in [-0.25, -0.2) is 8.78 Å². The quantitative estimate of drug-likeness (QED) is 0.877. The highest BCUT2D eigenvalue weighted by Crippen LogP contribution is 2.20. The summed E-state index contributed by atoms with van der Waals surface area (Å²) in [6, 6.07) is 8.90. The lowest BCUT2D eigenvalue weighted by Crippen LogP contribution is -2.10. The second-order valence-corrected chi connectivity index (χ2v) is 4.83. The summed E-state index contributed by atoms with van der Waals surface area (Å²) in [5.41, 5.74) is 7.04. The number of rotatable bonds is 4. The lowest BCUT2D eigenvalue weighted by atomic mass is 10.1. The highest BCUT2D eigenvalue weighted by Gasteiger charge is 2.08. The zero-order valence-electron chi connectivity index (χ0n) is 10.8. The minimum atomic E-state index is -0.483. The summed E-state index contributed by atoms with van der Waals surface area (Å²) >= 11 is 4.77. The molecule has 0 fully saturated rings. The normalized spacial score (nSPS) is 10.3. The third-order valence-electron chi connectivity index (χ3n) is 2.81.